The monoisotopic (exact) mass is 322 g/mol. The van der Waals surface area contributed by atoms with Crippen LogP contribution in [0, 0.1) is 0 Å². The largest absolute Gasteiger partial charge is 0.386 e. The van der Waals surface area contributed by atoms with Gasteiger partial charge in [-0.15, -0.1) is 0 Å². The molecule has 0 amide bonds. The van der Waals surface area contributed by atoms with Crippen LogP contribution in [0.3, 0.4) is 0 Å². The van der Waals surface area contributed by atoms with E-state index in [1.165, 1.54) is 11.1 Å². The van der Waals surface area contributed by atoms with E-state index >= 15 is 0 Å². The van der Waals surface area contributed by atoms with Gasteiger partial charge in [0, 0.05) is 0 Å². The lowest BCUT2D eigenvalue weighted by Gasteiger charge is -2.36. The summed E-state index contributed by atoms with van der Waals surface area (Å²) in [5.74, 6) is 0. The second kappa shape index (κ2) is 8.27. The second-order valence-corrected chi connectivity index (χ2v) is 6.65. The highest BCUT2D eigenvalue weighted by Gasteiger charge is 2.31. The fourth-order valence-corrected chi connectivity index (χ4v) is 3.37. The van der Waals surface area contributed by atoms with Gasteiger partial charge in [0.05, 0.1) is 12.2 Å². The molecule has 1 aliphatic heterocycles. The Labute approximate surface area is 144 Å². The molecule has 24 heavy (non-hydrogen) atoms. The number of hydrogen-bond acceptors (Lipinski definition) is 2. The molecule has 2 aromatic rings. The van der Waals surface area contributed by atoms with Crippen LogP contribution < -0.4 is 0 Å². The first-order valence-electron chi connectivity index (χ1n) is 8.81. The Morgan fingerprint density at radius 3 is 2.00 bits per heavy atom. The maximum atomic E-state index is 10.4. The summed E-state index contributed by atoms with van der Waals surface area (Å²) < 4.78 is 6.20. The molecule has 0 aromatic heterocycles. The molecule has 0 saturated carbocycles. The van der Waals surface area contributed by atoms with Gasteiger partial charge < -0.3 is 9.84 Å². The molecule has 0 bridgehead atoms. The Bertz CT molecular complexity index is 636. The minimum atomic E-state index is -0.540. The van der Waals surface area contributed by atoms with Crippen molar-refractivity contribution in [1.82, 2.24) is 0 Å². The molecular weight excluding hydrogens is 296 g/mol. The Kier molecular flexibility index (Phi) is 5.84. The molecule has 126 valence electrons. The first-order valence-corrected chi connectivity index (χ1v) is 8.81. The van der Waals surface area contributed by atoms with Crippen molar-refractivity contribution in [3.63, 3.8) is 0 Å². The van der Waals surface area contributed by atoms with E-state index in [1.54, 1.807) is 0 Å². The van der Waals surface area contributed by atoms with Crippen molar-refractivity contribution < 1.29 is 9.84 Å². The van der Waals surface area contributed by atoms with Gasteiger partial charge in [-0.2, -0.15) is 0 Å². The molecule has 3 rings (SSSR count). The minimum Gasteiger partial charge on any atom is -0.386 e. The van der Waals surface area contributed by atoms with Crippen LogP contribution in [0.25, 0.3) is 0 Å². The number of aryl methyl sites for hydroxylation is 2. The third-order valence-corrected chi connectivity index (χ3v) is 4.79. The molecular formula is C22H26O2. The average Bonchev–Trinajstić information content (AvgIpc) is 2.63. The van der Waals surface area contributed by atoms with Gasteiger partial charge >= 0.3 is 0 Å². The van der Waals surface area contributed by atoms with E-state index in [2.05, 4.69) is 55.1 Å². The van der Waals surface area contributed by atoms with Gasteiger partial charge in [-0.1, -0.05) is 67.2 Å². The first-order chi connectivity index (χ1) is 11.7. The van der Waals surface area contributed by atoms with Gasteiger partial charge in [-0.3, -0.25) is 0 Å². The summed E-state index contributed by atoms with van der Waals surface area (Å²) in [5, 5.41) is 10.4. The van der Waals surface area contributed by atoms with Gasteiger partial charge in [-0.25, -0.2) is 0 Å². The molecule has 2 heteroatoms. The van der Waals surface area contributed by atoms with E-state index in [4.69, 9.17) is 4.74 Å². The third-order valence-electron chi connectivity index (χ3n) is 4.79. The fraction of sp³-hybridized carbons (Fsp3) is 0.364. The van der Waals surface area contributed by atoms with Gasteiger partial charge in [0.2, 0.25) is 0 Å². The zero-order valence-corrected chi connectivity index (χ0v) is 14.1. The maximum Gasteiger partial charge on any atom is 0.101 e. The number of hydrogen-bond donors (Lipinski definition) is 1. The standard InChI is InChI=1S/C22H26O2/c1-17-16-20(14-12-18-8-4-2-5-9-18)24-21(22(17)23)15-13-19-10-6-3-7-11-19/h2-11,20-23H,1,12-16H2/t20-,21+,22+/m1/s1. The van der Waals surface area contributed by atoms with Crippen molar-refractivity contribution in [3.8, 4) is 0 Å². The van der Waals surface area contributed by atoms with Crippen LogP contribution in [0.15, 0.2) is 72.8 Å². The molecule has 3 atom stereocenters. The fourth-order valence-electron chi connectivity index (χ4n) is 3.37. The number of benzene rings is 2. The lowest BCUT2D eigenvalue weighted by atomic mass is 9.90. The quantitative estimate of drug-likeness (QED) is 0.802. The molecule has 0 aliphatic carbocycles. The topological polar surface area (TPSA) is 29.5 Å². The molecule has 1 aliphatic rings. The molecule has 1 heterocycles. The lowest BCUT2D eigenvalue weighted by molar-refractivity contribution is -0.0956. The highest BCUT2D eigenvalue weighted by atomic mass is 16.5. The van der Waals surface area contributed by atoms with Crippen LogP contribution in [0.4, 0.5) is 0 Å². The van der Waals surface area contributed by atoms with Crippen molar-refractivity contribution >= 4 is 0 Å². The van der Waals surface area contributed by atoms with Crippen LogP contribution in [0.1, 0.15) is 30.4 Å². The van der Waals surface area contributed by atoms with Crippen molar-refractivity contribution in [2.75, 3.05) is 0 Å². The summed E-state index contributed by atoms with van der Waals surface area (Å²) >= 11 is 0. The van der Waals surface area contributed by atoms with Gasteiger partial charge in [0.15, 0.2) is 0 Å². The van der Waals surface area contributed by atoms with Gasteiger partial charge in [0.25, 0.3) is 0 Å². The summed E-state index contributed by atoms with van der Waals surface area (Å²) in [6, 6.07) is 20.9. The molecule has 1 fully saturated rings. The molecule has 2 aromatic carbocycles. The molecule has 0 unspecified atom stereocenters. The summed E-state index contributed by atoms with van der Waals surface area (Å²) in [6.07, 6.45) is 3.94. The normalized spacial score (nSPS) is 24.0. The molecule has 0 radical (unpaired) electrons. The van der Waals surface area contributed by atoms with Crippen molar-refractivity contribution in [1.29, 1.82) is 0 Å². The Balaban J connectivity index is 1.54. The Morgan fingerprint density at radius 1 is 0.875 bits per heavy atom. The van der Waals surface area contributed by atoms with E-state index in [-0.39, 0.29) is 12.2 Å². The SMILES string of the molecule is C=C1C[C@@H](CCc2ccccc2)O[C@@H](CCc2ccccc2)[C@H]1O. The summed E-state index contributed by atoms with van der Waals surface area (Å²) in [7, 11) is 0. The molecule has 1 N–H and O–H groups in total. The summed E-state index contributed by atoms with van der Waals surface area (Å²) in [6.45, 7) is 4.08. The van der Waals surface area contributed by atoms with Crippen LogP contribution in [0.5, 0.6) is 0 Å². The van der Waals surface area contributed by atoms with Crippen molar-refractivity contribution in [3.05, 3.63) is 83.9 Å². The van der Waals surface area contributed by atoms with Crippen LogP contribution in [-0.2, 0) is 17.6 Å². The van der Waals surface area contributed by atoms with Crippen molar-refractivity contribution in [2.45, 2.75) is 50.4 Å². The number of aliphatic hydroxyl groups is 1. The lowest BCUT2D eigenvalue weighted by Crippen LogP contribution is -2.40. The smallest absolute Gasteiger partial charge is 0.101 e. The maximum absolute atomic E-state index is 10.4. The van der Waals surface area contributed by atoms with Gasteiger partial charge in [0.1, 0.15) is 6.10 Å². The van der Waals surface area contributed by atoms with E-state index in [0.29, 0.717) is 0 Å². The van der Waals surface area contributed by atoms with E-state index in [9.17, 15) is 5.11 Å². The summed E-state index contributed by atoms with van der Waals surface area (Å²) in [4.78, 5) is 0. The predicted octanol–water partition coefficient (Wildman–Crippen LogP) is 4.33. The number of ether oxygens (including phenoxy) is 1. The summed E-state index contributed by atoms with van der Waals surface area (Å²) in [5.41, 5.74) is 3.53. The van der Waals surface area contributed by atoms with Gasteiger partial charge in [-0.05, 0) is 48.8 Å². The minimum absolute atomic E-state index is 0.146. The Hall–Kier alpha value is -1.90. The predicted molar refractivity (Wildman–Crippen MR) is 98.0 cm³/mol. The number of aliphatic hydroxyl groups excluding tert-OH is 1. The second-order valence-electron chi connectivity index (χ2n) is 6.65. The van der Waals surface area contributed by atoms with Crippen molar-refractivity contribution in [2.24, 2.45) is 0 Å². The highest BCUT2D eigenvalue weighted by Crippen LogP contribution is 2.29. The third kappa shape index (κ3) is 4.56. The number of rotatable bonds is 6. The van der Waals surface area contributed by atoms with Crippen LogP contribution in [-0.4, -0.2) is 23.4 Å². The molecule has 1 saturated heterocycles. The zero-order valence-electron chi connectivity index (χ0n) is 14.1. The molecule has 0 spiro atoms. The molecule has 2 nitrogen and oxygen atoms in total. The van der Waals surface area contributed by atoms with E-state index < -0.39 is 6.10 Å². The zero-order chi connectivity index (χ0) is 16.8. The first kappa shape index (κ1) is 16.9. The van der Waals surface area contributed by atoms with E-state index in [1.807, 2.05) is 12.1 Å². The van der Waals surface area contributed by atoms with E-state index in [0.717, 1.165) is 37.7 Å². The van der Waals surface area contributed by atoms with Crippen LogP contribution in [0.2, 0.25) is 0 Å². The van der Waals surface area contributed by atoms with Crippen LogP contribution >= 0.6 is 0 Å². The highest BCUT2D eigenvalue weighted by molar-refractivity contribution is 5.17. The Morgan fingerprint density at radius 2 is 1.42 bits per heavy atom. The average molecular weight is 322 g/mol.